The van der Waals surface area contributed by atoms with Gasteiger partial charge in [-0.3, -0.25) is 4.98 Å². The van der Waals surface area contributed by atoms with E-state index in [0.29, 0.717) is 11.3 Å². The predicted octanol–water partition coefficient (Wildman–Crippen LogP) is 2.89. The monoisotopic (exact) mass is 248 g/mol. The Hall–Kier alpha value is -1.81. The molecule has 1 heterocycles. The Morgan fingerprint density at radius 1 is 1.17 bits per heavy atom. The highest BCUT2D eigenvalue weighted by Crippen LogP contribution is 2.26. The molecule has 0 fully saturated rings. The van der Waals surface area contributed by atoms with Crippen LogP contribution in [0.2, 0.25) is 0 Å². The molecule has 1 aromatic heterocycles. The van der Waals surface area contributed by atoms with Gasteiger partial charge in [-0.05, 0) is 43.2 Å². The lowest BCUT2D eigenvalue weighted by Gasteiger charge is -2.25. The topological polar surface area (TPSA) is 38.9 Å². The second kappa shape index (κ2) is 4.46. The lowest BCUT2D eigenvalue weighted by Crippen LogP contribution is -2.35. The van der Waals surface area contributed by atoms with Crippen molar-refractivity contribution in [3.05, 3.63) is 65.0 Å². The summed E-state index contributed by atoms with van der Waals surface area (Å²) in [6.07, 6.45) is 1.12. The summed E-state index contributed by atoms with van der Waals surface area (Å²) in [5.41, 5.74) is 7.13. The van der Waals surface area contributed by atoms with Crippen molar-refractivity contribution >= 4 is 0 Å². The second-order valence-corrected chi connectivity index (χ2v) is 4.53. The highest BCUT2D eigenvalue weighted by Gasteiger charge is 2.25. The Bertz CT molecular complexity index is 563. The normalized spacial score (nSPS) is 14.3. The van der Waals surface area contributed by atoms with Crippen molar-refractivity contribution in [1.29, 1.82) is 0 Å². The number of halogens is 2. The van der Waals surface area contributed by atoms with Crippen molar-refractivity contribution in [1.82, 2.24) is 4.98 Å². The summed E-state index contributed by atoms with van der Waals surface area (Å²) < 4.78 is 26.1. The number of rotatable bonds is 2. The van der Waals surface area contributed by atoms with Crippen molar-refractivity contribution in [2.45, 2.75) is 19.4 Å². The lowest BCUT2D eigenvalue weighted by molar-refractivity contribution is 0.562. The molecule has 18 heavy (non-hydrogen) atoms. The Balaban J connectivity index is 2.46. The van der Waals surface area contributed by atoms with E-state index in [1.54, 1.807) is 26.0 Å². The summed E-state index contributed by atoms with van der Waals surface area (Å²) in [6, 6.07) is 7.52. The van der Waals surface area contributed by atoms with Crippen LogP contribution in [0.25, 0.3) is 0 Å². The molecular weight excluding hydrogens is 234 g/mol. The van der Waals surface area contributed by atoms with Crippen molar-refractivity contribution in [3.63, 3.8) is 0 Å². The van der Waals surface area contributed by atoms with E-state index >= 15 is 0 Å². The summed E-state index contributed by atoms with van der Waals surface area (Å²) in [5, 5.41) is 0. The van der Waals surface area contributed by atoms with E-state index in [4.69, 9.17) is 5.73 Å². The van der Waals surface area contributed by atoms with E-state index in [2.05, 4.69) is 4.98 Å². The second-order valence-electron chi connectivity index (χ2n) is 4.53. The molecule has 0 aliphatic heterocycles. The molecule has 0 aliphatic rings. The third-order valence-electron chi connectivity index (χ3n) is 3.02. The van der Waals surface area contributed by atoms with Gasteiger partial charge in [-0.15, -0.1) is 0 Å². The largest absolute Gasteiger partial charge is 0.317 e. The van der Waals surface area contributed by atoms with Crippen LogP contribution in [0.3, 0.4) is 0 Å². The first kappa shape index (κ1) is 12.6. The molecule has 94 valence electrons. The van der Waals surface area contributed by atoms with Gasteiger partial charge in [0.2, 0.25) is 0 Å². The fourth-order valence-electron chi connectivity index (χ4n) is 1.80. The standard InChI is InChI=1S/C14H14F2N2/c1-9-7-10(3-5-12(9)16)14(2,17)13-6-4-11(15)8-18-13/h3-8H,17H2,1-2H3. The van der Waals surface area contributed by atoms with Gasteiger partial charge in [0.05, 0.1) is 17.4 Å². The zero-order valence-corrected chi connectivity index (χ0v) is 10.2. The maximum Gasteiger partial charge on any atom is 0.141 e. The van der Waals surface area contributed by atoms with Crippen molar-refractivity contribution in [2.75, 3.05) is 0 Å². The predicted molar refractivity (Wildman–Crippen MR) is 66.0 cm³/mol. The van der Waals surface area contributed by atoms with Crippen LogP contribution in [-0.2, 0) is 5.54 Å². The Morgan fingerprint density at radius 3 is 2.44 bits per heavy atom. The third kappa shape index (κ3) is 2.24. The van der Waals surface area contributed by atoms with Crippen LogP contribution in [0, 0.1) is 18.6 Å². The minimum atomic E-state index is -0.883. The van der Waals surface area contributed by atoms with E-state index in [9.17, 15) is 8.78 Å². The van der Waals surface area contributed by atoms with Crippen LogP contribution < -0.4 is 5.73 Å². The zero-order chi connectivity index (χ0) is 13.3. The van der Waals surface area contributed by atoms with Crippen molar-refractivity contribution < 1.29 is 8.78 Å². The van der Waals surface area contributed by atoms with Gasteiger partial charge < -0.3 is 5.73 Å². The lowest BCUT2D eigenvalue weighted by atomic mass is 9.88. The summed E-state index contributed by atoms with van der Waals surface area (Å²) >= 11 is 0. The van der Waals surface area contributed by atoms with Gasteiger partial charge in [-0.25, -0.2) is 8.78 Å². The van der Waals surface area contributed by atoms with Gasteiger partial charge >= 0.3 is 0 Å². The zero-order valence-electron chi connectivity index (χ0n) is 10.2. The molecule has 0 aliphatic carbocycles. The first-order valence-corrected chi connectivity index (χ1v) is 5.59. The van der Waals surface area contributed by atoms with Gasteiger partial charge in [0.25, 0.3) is 0 Å². The maximum atomic E-state index is 13.2. The minimum absolute atomic E-state index is 0.276. The quantitative estimate of drug-likeness (QED) is 0.887. The Morgan fingerprint density at radius 2 is 1.89 bits per heavy atom. The molecule has 0 radical (unpaired) electrons. The van der Waals surface area contributed by atoms with E-state index in [1.165, 1.54) is 18.2 Å². The number of hydrogen-bond donors (Lipinski definition) is 1. The molecule has 0 amide bonds. The van der Waals surface area contributed by atoms with Crippen LogP contribution in [0.15, 0.2) is 36.5 Å². The molecule has 4 heteroatoms. The third-order valence-corrected chi connectivity index (χ3v) is 3.02. The van der Waals surface area contributed by atoms with E-state index in [-0.39, 0.29) is 5.82 Å². The molecule has 2 aromatic rings. The van der Waals surface area contributed by atoms with E-state index in [1.807, 2.05) is 0 Å². The molecule has 0 bridgehead atoms. The number of benzene rings is 1. The summed E-state index contributed by atoms with van der Waals surface area (Å²) in [4.78, 5) is 3.98. The average molecular weight is 248 g/mol. The van der Waals surface area contributed by atoms with Gasteiger partial charge in [0.15, 0.2) is 0 Å². The molecule has 2 rings (SSSR count). The van der Waals surface area contributed by atoms with Crippen LogP contribution in [-0.4, -0.2) is 4.98 Å². The van der Waals surface area contributed by atoms with Crippen LogP contribution in [0.5, 0.6) is 0 Å². The molecule has 1 aromatic carbocycles. The summed E-state index contributed by atoms with van der Waals surface area (Å²) in [5.74, 6) is -0.688. The SMILES string of the molecule is Cc1cc(C(C)(N)c2ccc(F)cn2)ccc1F. The highest BCUT2D eigenvalue weighted by atomic mass is 19.1. The van der Waals surface area contributed by atoms with Gasteiger partial charge in [-0.2, -0.15) is 0 Å². The van der Waals surface area contributed by atoms with Gasteiger partial charge in [-0.1, -0.05) is 12.1 Å². The Labute approximate surface area is 104 Å². The fraction of sp³-hybridized carbons (Fsp3) is 0.214. The van der Waals surface area contributed by atoms with Crippen molar-refractivity contribution in [2.24, 2.45) is 5.73 Å². The number of pyridine rings is 1. The first-order chi connectivity index (χ1) is 8.41. The number of aromatic nitrogens is 1. The maximum absolute atomic E-state index is 13.2. The fourth-order valence-corrected chi connectivity index (χ4v) is 1.80. The summed E-state index contributed by atoms with van der Waals surface area (Å²) in [6.45, 7) is 3.44. The van der Waals surface area contributed by atoms with E-state index < -0.39 is 11.4 Å². The number of nitrogens with zero attached hydrogens (tertiary/aromatic N) is 1. The highest BCUT2D eigenvalue weighted by molar-refractivity contribution is 5.36. The van der Waals surface area contributed by atoms with Gasteiger partial charge in [0, 0.05) is 0 Å². The molecule has 1 atom stereocenters. The smallest absolute Gasteiger partial charge is 0.141 e. The van der Waals surface area contributed by atoms with Gasteiger partial charge in [0.1, 0.15) is 11.6 Å². The molecule has 2 N–H and O–H groups in total. The van der Waals surface area contributed by atoms with Crippen LogP contribution in [0.1, 0.15) is 23.7 Å². The molecule has 0 spiro atoms. The number of aryl methyl sites for hydroxylation is 1. The molecule has 0 saturated heterocycles. The number of nitrogens with two attached hydrogens (primary N) is 1. The van der Waals surface area contributed by atoms with Crippen molar-refractivity contribution in [3.8, 4) is 0 Å². The molecule has 1 unspecified atom stereocenters. The number of hydrogen-bond acceptors (Lipinski definition) is 2. The molecule has 0 saturated carbocycles. The van der Waals surface area contributed by atoms with Crippen LogP contribution in [0.4, 0.5) is 8.78 Å². The Kier molecular flexibility index (Phi) is 3.13. The summed E-state index contributed by atoms with van der Waals surface area (Å²) in [7, 11) is 0. The van der Waals surface area contributed by atoms with E-state index in [0.717, 1.165) is 11.8 Å². The minimum Gasteiger partial charge on any atom is -0.317 e. The molecule has 2 nitrogen and oxygen atoms in total. The average Bonchev–Trinajstić information content (AvgIpc) is 2.33. The molecular formula is C14H14F2N2. The van der Waals surface area contributed by atoms with Crippen LogP contribution >= 0.6 is 0 Å². The first-order valence-electron chi connectivity index (χ1n) is 5.59.